The Morgan fingerprint density at radius 3 is 1.36 bits per heavy atom. The number of nitrogens with one attached hydrogen (secondary N) is 2. The summed E-state index contributed by atoms with van der Waals surface area (Å²) in [7, 11) is -1.73. The molecule has 0 spiro atoms. The van der Waals surface area contributed by atoms with E-state index in [1.165, 1.54) is 12.2 Å². The zero-order valence-corrected chi connectivity index (χ0v) is 23.1. The van der Waals surface area contributed by atoms with Crippen LogP contribution in [0.3, 0.4) is 0 Å². The maximum absolute atomic E-state index is 11.4. The first-order chi connectivity index (χ1) is 15.3. The van der Waals surface area contributed by atoms with Crippen molar-refractivity contribution in [2.24, 2.45) is 0 Å². The third-order valence-corrected chi connectivity index (χ3v) is 10.2. The van der Waals surface area contributed by atoms with E-state index in [9.17, 15) is 18.0 Å². The number of rotatable bonds is 10. The van der Waals surface area contributed by atoms with E-state index in [-0.39, 0.29) is 37.8 Å². The fraction of sp³-hybridized carbons (Fsp3) is 0.364. The summed E-state index contributed by atoms with van der Waals surface area (Å²) in [6.07, 6.45) is 24.2. The Bertz CT molecular complexity index is 823. The van der Waals surface area contributed by atoms with Gasteiger partial charge in [0.1, 0.15) is 0 Å². The summed E-state index contributed by atoms with van der Waals surface area (Å²) in [4.78, 5) is 22.7. The maximum atomic E-state index is 11.4. The van der Waals surface area contributed by atoms with Crippen LogP contribution in [0.1, 0.15) is 0 Å². The van der Waals surface area contributed by atoms with Gasteiger partial charge in [0.15, 0.2) is 11.6 Å². The molecule has 0 aromatic carbocycles. The van der Waals surface area contributed by atoms with Gasteiger partial charge in [-0.25, -0.2) is 0 Å². The Balaban J connectivity index is 0.000000602. The second-order valence-corrected chi connectivity index (χ2v) is 12.3. The van der Waals surface area contributed by atoms with Crippen molar-refractivity contribution in [3.63, 3.8) is 0 Å². The molecule has 187 valence electrons. The third-order valence-electron chi connectivity index (χ3n) is 4.19. The first kappa shape index (κ1) is 31.9. The van der Waals surface area contributed by atoms with Gasteiger partial charge in [0.25, 0.3) is 0 Å². The number of carbonyl (C=O) groups excluding carboxylic acids is 2. The SMILES string of the molecule is CSC(CN/C=C1/C=CC=CC1=O)S(C)=O.CSC(CN/C=C1/C=CC=CC1=O)S(C)=O.[Cu]. The first-order valence-corrected chi connectivity index (χ1v) is 15.5. The normalized spacial score (nSPS) is 20.5. The van der Waals surface area contributed by atoms with E-state index in [0.717, 1.165) is 0 Å². The summed E-state index contributed by atoms with van der Waals surface area (Å²) in [5.74, 6) is -0.0124. The maximum Gasteiger partial charge on any atom is 0.187 e. The molecule has 0 amide bonds. The molecule has 2 aliphatic carbocycles. The van der Waals surface area contributed by atoms with Crippen LogP contribution >= 0.6 is 23.5 Å². The monoisotopic (exact) mass is 577 g/mol. The van der Waals surface area contributed by atoms with Crippen LogP contribution in [-0.4, -0.2) is 67.3 Å². The zero-order chi connectivity index (χ0) is 23.9. The average molecular weight is 578 g/mol. The molecule has 0 saturated carbocycles. The molecule has 0 saturated heterocycles. The van der Waals surface area contributed by atoms with E-state index >= 15 is 0 Å². The molecule has 4 unspecified atom stereocenters. The summed E-state index contributed by atoms with van der Waals surface area (Å²) in [6, 6.07) is 0. The molecule has 4 atom stereocenters. The number of ketones is 2. The van der Waals surface area contributed by atoms with Crippen LogP contribution in [0, 0.1) is 0 Å². The van der Waals surface area contributed by atoms with Crippen molar-refractivity contribution in [2.45, 2.75) is 9.16 Å². The van der Waals surface area contributed by atoms with Gasteiger partial charge in [-0.3, -0.25) is 18.0 Å². The summed E-state index contributed by atoms with van der Waals surface area (Å²) < 4.78 is 22.6. The molecular weight excluding hydrogens is 548 g/mol. The third kappa shape index (κ3) is 12.8. The van der Waals surface area contributed by atoms with Gasteiger partial charge < -0.3 is 10.6 Å². The molecule has 0 fully saturated rings. The molecule has 1 radical (unpaired) electrons. The molecule has 0 aromatic rings. The topological polar surface area (TPSA) is 92.3 Å². The van der Waals surface area contributed by atoms with Crippen LogP contribution in [0.25, 0.3) is 0 Å². The van der Waals surface area contributed by atoms with Gasteiger partial charge in [0.2, 0.25) is 0 Å². The Morgan fingerprint density at radius 2 is 1.09 bits per heavy atom. The van der Waals surface area contributed by atoms with Crippen molar-refractivity contribution in [2.75, 3.05) is 38.1 Å². The van der Waals surface area contributed by atoms with E-state index in [2.05, 4.69) is 10.6 Å². The molecule has 2 N–H and O–H groups in total. The minimum Gasteiger partial charge on any atom is -0.388 e. The standard InChI is InChI=1S/2C11H15NO2S2.Cu/c2*1-15-11(16(2)14)8-12-7-9-5-3-4-6-10(9)13;/h2*3-7,11-12H,8H2,1-2H3;/b2*9-7-;. The summed E-state index contributed by atoms with van der Waals surface area (Å²) in [6.45, 7) is 1.19. The summed E-state index contributed by atoms with van der Waals surface area (Å²) in [5.41, 5.74) is 1.26. The molecule has 6 nitrogen and oxygen atoms in total. The number of carbonyl (C=O) groups is 2. The van der Waals surface area contributed by atoms with Crippen molar-refractivity contribution in [3.05, 3.63) is 72.2 Å². The van der Waals surface area contributed by atoms with Crippen molar-refractivity contribution < 1.29 is 35.1 Å². The Kier molecular flexibility index (Phi) is 17.6. The largest absolute Gasteiger partial charge is 0.388 e. The van der Waals surface area contributed by atoms with Gasteiger partial charge in [-0.2, -0.15) is 0 Å². The molecule has 2 aliphatic rings. The van der Waals surface area contributed by atoms with Crippen molar-refractivity contribution in [1.82, 2.24) is 10.6 Å². The van der Waals surface area contributed by atoms with E-state index in [4.69, 9.17) is 0 Å². The van der Waals surface area contributed by atoms with Gasteiger partial charge in [0.05, 0.1) is 9.16 Å². The van der Waals surface area contributed by atoms with Gasteiger partial charge in [-0.1, -0.05) is 24.3 Å². The number of allylic oxidation sites excluding steroid dienone is 10. The number of hydrogen-bond donors (Lipinski definition) is 2. The number of hydrogen-bond acceptors (Lipinski definition) is 8. The molecular formula is C22H30CuN2O4S4. The van der Waals surface area contributed by atoms with Gasteiger partial charge in [-0.15, -0.1) is 23.5 Å². The summed E-state index contributed by atoms with van der Waals surface area (Å²) >= 11 is 3.11. The zero-order valence-electron chi connectivity index (χ0n) is 18.9. The Morgan fingerprint density at radius 1 is 0.758 bits per heavy atom. The van der Waals surface area contributed by atoms with Crippen LogP contribution in [0.15, 0.2) is 72.2 Å². The van der Waals surface area contributed by atoms with Crippen molar-refractivity contribution >= 4 is 56.7 Å². The van der Waals surface area contributed by atoms with E-state index < -0.39 is 21.6 Å². The minimum absolute atomic E-state index is 0. The van der Waals surface area contributed by atoms with E-state index in [1.54, 1.807) is 72.7 Å². The van der Waals surface area contributed by atoms with Crippen molar-refractivity contribution in [1.29, 1.82) is 0 Å². The first-order valence-electron chi connectivity index (χ1n) is 9.65. The van der Waals surface area contributed by atoms with Crippen LogP contribution in [0.4, 0.5) is 0 Å². The second-order valence-electron chi connectivity index (χ2n) is 6.51. The molecule has 0 heterocycles. The fourth-order valence-electron chi connectivity index (χ4n) is 2.40. The molecule has 0 aliphatic heterocycles. The van der Waals surface area contributed by atoms with Gasteiger partial charge in [-0.05, 0) is 36.8 Å². The smallest absolute Gasteiger partial charge is 0.187 e. The van der Waals surface area contributed by atoms with E-state index in [1.807, 2.05) is 24.7 Å². The molecule has 2 rings (SSSR count). The molecule has 0 bridgehead atoms. The predicted molar refractivity (Wildman–Crippen MR) is 141 cm³/mol. The van der Waals surface area contributed by atoms with Crippen LogP contribution < -0.4 is 10.6 Å². The molecule has 33 heavy (non-hydrogen) atoms. The molecule has 0 aromatic heterocycles. The number of thioether (sulfide) groups is 2. The fourth-order valence-corrected chi connectivity index (χ4v) is 5.76. The van der Waals surface area contributed by atoms with Gasteiger partial charge >= 0.3 is 0 Å². The average Bonchev–Trinajstić information content (AvgIpc) is 2.76. The minimum atomic E-state index is -0.864. The quantitative estimate of drug-likeness (QED) is 0.302. The van der Waals surface area contributed by atoms with Crippen molar-refractivity contribution in [3.8, 4) is 0 Å². The summed E-state index contributed by atoms with van der Waals surface area (Å²) in [5, 5.41) is 6.07. The van der Waals surface area contributed by atoms with E-state index in [0.29, 0.717) is 24.2 Å². The van der Waals surface area contributed by atoms with Crippen LogP contribution in [0.5, 0.6) is 0 Å². The van der Waals surface area contributed by atoms with Crippen LogP contribution in [-0.2, 0) is 48.3 Å². The second kappa shape index (κ2) is 18.3. The molecule has 11 heteroatoms. The van der Waals surface area contributed by atoms with Crippen LogP contribution in [0.2, 0.25) is 0 Å². The Hall–Kier alpha value is -1.10. The predicted octanol–water partition coefficient (Wildman–Crippen LogP) is 2.44. The Labute approximate surface area is 220 Å². The van der Waals surface area contributed by atoms with Gasteiger partial charge in [0, 0.05) is 87.8 Å².